The van der Waals surface area contributed by atoms with Crippen LogP contribution in [0, 0.1) is 12.7 Å². The van der Waals surface area contributed by atoms with Gasteiger partial charge in [0.05, 0.1) is 5.69 Å². The maximum Gasteiger partial charge on any atom is 0.321 e. The second-order valence-electron chi connectivity index (χ2n) is 8.42. The molecule has 1 aliphatic heterocycles. The first-order chi connectivity index (χ1) is 16.4. The molecule has 0 unspecified atom stereocenters. The molecule has 2 amide bonds. The fourth-order valence-electron chi connectivity index (χ4n) is 4.31. The summed E-state index contributed by atoms with van der Waals surface area (Å²) in [6, 6.07) is 14.2. The van der Waals surface area contributed by atoms with Gasteiger partial charge in [0.2, 0.25) is 0 Å². The molecule has 8 heteroatoms. The molecular weight excluding hydrogens is 497 g/mol. The zero-order valence-electron chi connectivity index (χ0n) is 19.5. The molecule has 0 spiro atoms. The van der Waals surface area contributed by atoms with Crippen molar-refractivity contribution in [2.24, 2.45) is 0 Å². The minimum Gasteiger partial charge on any atom is -0.354 e. The zero-order valence-corrected chi connectivity index (χ0v) is 21.1. The molecule has 2 heterocycles. The molecule has 1 fully saturated rings. The molecule has 0 radical (unpaired) electrons. The van der Waals surface area contributed by atoms with E-state index in [1.807, 2.05) is 42.2 Å². The number of carbonyl (C=O) groups excluding carboxylic acids is 1. The Labute approximate surface area is 208 Å². The van der Waals surface area contributed by atoms with Gasteiger partial charge in [-0.3, -0.25) is 0 Å². The minimum atomic E-state index is -0.244. The first-order valence-corrected chi connectivity index (χ1v) is 12.4. The molecule has 6 nitrogen and oxygen atoms in total. The molecule has 0 atom stereocenters. The summed E-state index contributed by atoms with van der Waals surface area (Å²) in [6.07, 6.45) is 2.17. The molecule has 3 aromatic rings. The van der Waals surface area contributed by atoms with Gasteiger partial charge in [-0.1, -0.05) is 31.2 Å². The van der Waals surface area contributed by atoms with Crippen molar-refractivity contribution >= 4 is 33.5 Å². The largest absolute Gasteiger partial charge is 0.354 e. The van der Waals surface area contributed by atoms with Gasteiger partial charge in [-0.2, -0.15) is 0 Å². The number of nitrogens with zero attached hydrogens (tertiary/aromatic N) is 4. The number of nitrogens with one attached hydrogen (secondary N) is 1. The number of hydrogen-bond donors (Lipinski definition) is 1. The Morgan fingerprint density at radius 2 is 1.91 bits per heavy atom. The van der Waals surface area contributed by atoms with Gasteiger partial charge in [0, 0.05) is 48.3 Å². The fourth-order valence-corrected chi connectivity index (χ4v) is 4.70. The smallest absolute Gasteiger partial charge is 0.321 e. The van der Waals surface area contributed by atoms with Crippen LogP contribution in [0.15, 0.2) is 53.0 Å². The van der Waals surface area contributed by atoms with E-state index < -0.39 is 0 Å². The van der Waals surface area contributed by atoms with Crippen molar-refractivity contribution in [3.8, 4) is 0 Å². The second kappa shape index (κ2) is 11.0. The first kappa shape index (κ1) is 24.1. The number of hydrogen-bond acceptors (Lipinski definition) is 4. The lowest BCUT2D eigenvalue weighted by atomic mass is 10.0. The Balaban J connectivity index is 1.54. The van der Waals surface area contributed by atoms with E-state index in [4.69, 9.17) is 4.98 Å². The molecule has 34 heavy (non-hydrogen) atoms. The van der Waals surface area contributed by atoms with E-state index in [0.717, 1.165) is 58.0 Å². The quantitative estimate of drug-likeness (QED) is 0.472. The SMILES string of the molecule is CCc1nc(C)nc(N2CCCN(C(=O)Nc3ccccc3Br)CC2)c1Cc1cccc(F)c1. The number of amides is 2. The molecule has 1 saturated heterocycles. The topological polar surface area (TPSA) is 61.4 Å². The van der Waals surface area contributed by atoms with Crippen LogP contribution in [0.5, 0.6) is 0 Å². The van der Waals surface area contributed by atoms with Crippen molar-refractivity contribution in [3.63, 3.8) is 0 Å². The molecule has 0 saturated carbocycles. The molecule has 1 aliphatic rings. The van der Waals surface area contributed by atoms with Crippen LogP contribution in [0.1, 0.15) is 36.0 Å². The van der Waals surface area contributed by atoms with Crippen molar-refractivity contribution in [1.82, 2.24) is 14.9 Å². The second-order valence-corrected chi connectivity index (χ2v) is 9.27. The van der Waals surface area contributed by atoms with E-state index in [0.29, 0.717) is 26.1 Å². The number of anilines is 2. The average Bonchev–Trinajstić information content (AvgIpc) is 3.08. The van der Waals surface area contributed by atoms with Crippen LogP contribution in [0.3, 0.4) is 0 Å². The standard InChI is InChI=1S/C26H29BrFN5O/c1-3-23-21(17-19-8-6-9-20(28)16-19)25(30-18(2)29-23)32-12-7-13-33(15-14-32)26(34)31-24-11-5-4-10-22(24)27/h4-6,8-11,16H,3,7,12-15,17H2,1-2H3,(H,31,34). The number of carbonyl (C=O) groups is 1. The molecule has 1 aromatic heterocycles. The van der Waals surface area contributed by atoms with Gasteiger partial charge in [0.25, 0.3) is 0 Å². The van der Waals surface area contributed by atoms with Crippen LogP contribution in [0.4, 0.5) is 20.7 Å². The third-order valence-electron chi connectivity index (χ3n) is 5.99. The lowest BCUT2D eigenvalue weighted by Gasteiger charge is -2.26. The Bertz CT molecular complexity index is 1170. The zero-order chi connectivity index (χ0) is 24.1. The summed E-state index contributed by atoms with van der Waals surface area (Å²) in [7, 11) is 0. The highest BCUT2D eigenvalue weighted by Crippen LogP contribution is 2.27. The van der Waals surface area contributed by atoms with Crippen molar-refractivity contribution in [2.75, 3.05) is 36.4 Å². The average molecular weight is 526 g/mol. The minimum absolute atomic E-state index is 0.109. The number of aromatic nitrogens is 2. The number of halogens is 2. The maximum atomic E-state index is 13.8. The summed E-state index contributed by atoms with van der Waals surface area (Å²) in [4.78, 5) is 26.5. The number of rotatable bonds is 5. The predicted octanol–water partition coefficient (Wildman–Crippen LogP) is 5.58. The number of aryl methyl sites for hydroxylation is 2. The highest BCUT2D eigenvalue weighted by atomic mass is 79.9. The van der Waals surface area contributed by atoms with E-state index in [1.165, 1.54) is 6.07 Å². The van der Waals surface area contributed by atoms with Crippen LogP contribution >= 0.6 is 15.9 Å². The molecule has 178 valence electrons. The first-order valence-electron chi connectivity index (χ1n) is 11.6. The Hall–Kier alpha value is -3.00. The van der Waals surface area contributed by atoms with Crippen molar-refractivity contribution in [2.45, 2.75) is 33.1 Å². The van der Waals surface area contributed by atoms with Gasteiger partial charge in [0.15, 0.2) is 0 Å². The van der Waals surface area contributed by atoms with Crippen LogP contribution in [-0.4, -0.2) is 47.1 Å². The van der Waals surface area contributed by atoms with E-state index in [-0.39, 0.29) is 11.8 Å². The predicted molar refractivity (Wildman–Crippen MR) is 137 cm³/mol. The van der Waals surface area contributed by atoms with E-state index >= 15 is 0 Å². The van der Waals surface area contributed by atoms with Gasteiger partial charge in [-0.15, -0.1) is 0 Å². The molecule has 4 rings (SSSR count). The van der Waals surface area contributed by atoms with E-state index in [9.17, 15) is 9.18 Å². The lowest BCUT2D eigenvalue weighted by molar-refractivity contribution is 0.215. The Morgan fingerprint density at radius 3 is 2.68 bits per heavy atom. The molecule has 0 aliphatic carbocycles. The van der Waals surface area contributed by atoms with Crippen LogP contribution < -0.4 is 10.2 Å². The lowest BCUT2D eigenvalue weighted by Crippen LogP contribution is -2.38. The number of benzene rings is 2. The number of para-hydroxylation sites is 1. The Morgan fingerprint density at radius 1 is 1.09 bits per heavy atom. The van der Waals surface area contributed by atoms with Gasteiger partial charge in [-0.05, 0) is 65.5 Å². The summed E-state index contributed by atoms with van der Waals surface area (Å²) in [5.41, 5.74) is 3.67. The van der Waals surface area contributed by atoms with Crippen molar-refractivity contribution < 1.29 is 9.18 Å². The monoisotopic (exact) mass is 525 g/mol. The third kappa shape index (κ3) is 5.73. The number of urea groups is 1. The van der Waals surface area contributed by atoms with Crippen LogP contribution in [0.25, 0.3) is 0 Å². The fraction of sp³-hybridized carbons (Fsp3) is 0.346. The molecule has 2 aromatic carbocycles. The summed E-state index contributed by atoms with van der Waals surface area (Å²) < 4.78 is 14.7. The van der Waals surface area contributed by atoms with Crippen LogP contribution in [-0.2, 0) is 12.8 Å². The van der Waals surface area contributed by atoms with Gasteiger partial charge >= 0.3 is 6.03 Å². The van der Waals surface area contributed by atoms with Gasteiger partial charge in [-0.25, -0.2) is 19.2 Å². The van der Waals surface area contributed by atoms with Crippen molar-refractivity contribution in [3.05, 3.63) is 81.5 Å². The highest BCUT2D eigenvalue weighted by Gasteiger charge is 2.24. The van der Waals surface area contributed by atoms with Crippen molar-refractivity contribution in [1.29, 1.82) is 0 Å². The van der Waals surface area contributed by atoms with Gasteiger partial charge < -0.3 is 15.1 Å². The maximum absolute atomic E-state index is 13.8. The van der Waals surface area contributed by atoms with E-state index in [1.54, 1.807) is 12.1 Å². The van der Waals surface area contributed by atoms with Gasteiger partial charge in [0.1, 0.15) is 17.5 Å². The Kier molecular flexibility index (Phi) is 7.77. The highest BCUT2D eigenvalue weighted by molar-refractivity contribution is 9.10. The third-order valence-corrected chi connectivity index (χ3v) is 6.68. The summed E-state index contributed by atoms with van der Waals surface area (Å²) in [6.45, 7) is 6.69. The normalized spacial score (nSPS) is 14.1. The molecule has 1 N–H and O–H groups in total. The van der Waals surface area contributed by atoms with Crippen LogP contribution in [0.2, 0.25) is 0 Å². The van der Waals surface area contributed by atoms with E-state index in [2.05, 4.69) is 38.1 Å². The summed E-state index contributed by atoms with van der Waals surface area (Å²) >= 11 is 3.49. The summed E-state index contributed by atoms with van der Waals surface area (Å²) in [5.74, 6) is 1.37. The summed E-state index contributed by atoms with van der Waals surface area (Å²) in [5, 5.41) is 3.00. The molecule has 0 bridgehead atoms. The molecular formula is C26H29BrFN5O.